The fourth-order valence-electron chi connectivity index (χ4n) is 3.65. The molecule has 1 aromatic heterocycles. The van der Waals surface area contributed by atoms with E-state index >= 15 is 0 Å². The number of hydrogen-bond donors (Lipinski definition) is 1. The van der Waals surface area contributed by atoms with Crippen molar-refractivity contribution < 1.29 is 4.43 Å². The summed E-state index contributed by atoms with van der Waals surface area (Å²) < 4.78 is 6.88. The molecule has 0 unspecified atom stereocenters. The maximum absolute atomic E-state index is 6.88. The highest BCUT2D eigenvalue weighted by molar-refractivity contribution is 6.99. The molecule has 0 saturated carbocycles. The molecule has 4 heteroatoms. The van der Waals surface area contributed by atoms with Gasteiger partial charge in [-0.15, -0.1) is 0 Å². The number of nitrogens with zero attached hydrogens (tertiary/aromatic N) is 1. The molecule has 0 spiro atoms. The van der Waals surface area contributed by atoms with Crippen LogP contribution in [-0.4, -0.2) is 13.3 Å². The number of aryl methyl sites for hydroxylation is 1. The summed E-state index contributed by atoms with van der Waals surface area (Å²) in [7, 11) is -2.53. The van der Waals surface area contributed by atoms with E-state index in [-0.39, 0.29) is 5.04 Å². The second kappa shape index (κ2) is 7.67. The summed E-state index contributed by atoms with van der Waals surface area (Å²) in [6.07, 6.45) is 1.72. The van der Waals surface area contributed by atoms with Crippen molar-refractivity contribution in [2.75, 3.05) is 5.73 Å². The van der Waals surface area contributed by atoms with Crippen LogP contribution < -0.4 is 16.1 Å². The van der Waals surface area contributed by atoms with Crippen LogP contribution in [0, 0.1) is 6.92 Å². The Morgan fingerprint density at radius 3 is 1.89 bits per heavy atom. The first-order valence-corrected chi connectivity index (χ1v) is 11.2. The first-order chi connectivity index (χ1) is 12.8. The number of anilines is 1. The molecule has 0 aliphatic carbocycles. The maximum Gasteiger partial charge on any atom is 0.261 e. The van der Waals surface area contributed by atoms with Gasteiger partial charge in [0, 0.05) is 0 Å². The lowest BCUT2D eigenvalue weighted by atomic mass is 10.2. The first kappa shape index (κ1) is 19.3. The molecule has 0 amide bonds. The molecule has 2 aromatic carbocycles. The monoisotopic (exact) mass is 376 g/mol. The summed E-state index contributed by atoms with van der Waals surface area (Å²) in [5.74, 6) is 0. The second-order valence-electron chi connectivity index (χ2n) is 7.98. The van der Waals surface area contributed by atoms with Crippen LogP contribution in [0.15, 0.2) is 72.9 Å². The van der Waals surface area contributed by atoms with E-state index in [4.69, 9.17) is 10.2 Å². The summed E-state index contributed by atoms with van der Waals surface area (Å²) in [6, 6.07) is 23.3. The van der Waals surface area contributed by atoms with Crippen molar-refractivity contribution in [2.24, 2.45) is 0 Å². The Bertz CT molecular complexity index is 850. The molecule has 27 heavy (non-hydrogen) atoms. The fraction of sp³-hybridized carbons (Fsp3) is 0.261. The molecule has 0 radical (unpaired) electrons. The predicted octanol–water partition coefficient (Wildman–Crippen LogP) is 4.05. The van der Waals surface area contributed by atoms with Gasteiger partial charge in [0.05, 0.1) is 24.2 Å². The van der Waals surface area contributed by atoms with Gasteiger partial charge < -0.3 is 10.2 Å². The van der Waals surface area contributed by atoms with Crippen LogP contribution >= 0.6 is 0 Å². The molecule has 3 nitrogen and oxygen atoms in total. The summed E-state index contributed by atoms with van der Waals surface area (Å²) in [5.41, 5.74) is 8.58. The van der Waals surface area contributed by atoms with Gasteiger partial charge in [0.2, 0.25) is 0 Å². The smallest absolute Gasteiger partial charge is 0.261 e. The zero-order valence-electron chi connectivity index (χ0n) is 16.6. The molecule has 0 aliphatic rings. The SMILES string of the molecule is Cc1cc(CO[Si](c2ccccc2)(c2ccccc2)C(C)(C)C)ncc1N. The van der Waals surface area contributed by atoms with E-state index in [1.165, 1.54) is 10.4 Å². The van der Waals surface area contributed by atoms with Gasteiger partial charge in [-0.25, -0.2) is 0 Å². The van der Waals surface area contributed by atoms with E-state index in [1.54, 1.807) is 6.20 Å². The van der Waals surface area contributed by atoms with Crippen LogP contribution in [0.4, 0.5) is 5.69 Å². The molecule has 0 aliphatic heterocycles. The van der Waals surface area contributed by atoms with Crippen LogP contribution in [0.2, 0.25) is 5.04 Å². The summed E-state index contributed by atoms with van der Waals surface area (Å²) >= 11 is 0. The zero-order valence-corrected chi connectivity index (χ0v) is 17.6. The lowest BCUT2D eigenvalue weighted by Crippen LogP contribution is -2.66. The maximum atomic E-state index is 6.88. The highest BCUT2D eigenvalue weighted by Crippen LogP contribution is 2.37. The molecule has 0 saturated heterocycles. The highest BCUT2D eigenvalue weighted by Gasteiger charge is 2.50. The van der Waals surface area contributed by atoms with Crippen LogP contribution in [-0.2, 0) is 11.0 Å². The van der Waals surface area contributed by atoms with Crippen molar-refractivity contribution in [1.29, 1.82) is 0 Å². The van der Waals surface area contributed by atoms with Crippen molar-refractivity contribution in [3.05, 3.63) is 84.2 Å². The summed E-state index contributed by atoms with van der Waals surface area (Å²) in [6.45, 7) is 9.31. The van der Waals surface area contributed by atoms with E-state index in [2.05, 4.69) is 86.4 Å². The topological polar surface area (TPSA) is 48.1 Å². The minimum atomic E-state index is -2.53. The van der Waals surface area contributed by atoms with Crippen LogP contribution in [0.25, 0.3) is 0 Å². The number of aromatic nitrogens is 1. The quantitative estimate of drug-likeness (QED) is 0.684. The minimum absolute atomic E-state index is 0.0431. The Morgan fingerprint density at radius 2 is 1.44 bits per heavy atom. The molecule has 140 valence electrons. The Morgan fingerprint density at radius 1 is 0.926 bits per heavy atom. The lowest BCUT2D eigenvalue weighted by molar-refractivity contribution is 0.281. The van der Waals surface area contributed by atoms with E-state index in [0.717, 1.165) is 11.3 Å². The Labute approximate surface area is 163 Å². The largest absolute Gasteiger partial charge is 0.402 e. The molecule has 2 N–H and O–H groups in total. The molecule has 1 heterocycles. The summed E-state index contributed by atoms with van der Waals surface area (Å²) in [5, 5.41) is 2.50. The molecular weight excluding hydrogens is 348 g/mol. The van der Waals surface area contributed by atoms with Gasteiger partial charge in [0.25, 0.3) is 8.32 Å². The summed E-state index contributed by atoms with van der Waals surface area (Å²) in [4.78, 5) is 4.48. The molecule has 0 bridgehead atoms. The van der Waals surface area contributed by atoms with Gasteiger partial charge in [0.1, 0.15) is 0 Å². The van der Waals surface area contributed by atoms with Crippen molar-refractivity contribution in [3.8, 4) is 0 Å². The average Bonchev–Trinajstić information content (AvgIpc) is 2.66. The molecule has 0 atom stereocenters. The molecule has 0 fully saturated rings. The Hall–Kier alpha value is -2.43. The van der Waals surface area contributed by atoms with Crippen LogP contribution in [0.3, 0.4) is 0 Å². The van der Waals surface area contributed by atoms with Gasteiger partial charge in [-0.05, 0) is 34.0 Å². The molecule has 3 rings (SSSR count). The number of hydrogen-bond acceptors (Lipinski definition) is 3. The van der Waals surface area contributed by atoms with E-state index in [0.29, 0.717) is 12.3 Å². The van der Waals surface area contributed by atoms with Gasteiger partial charge in [-0.1, -0.05) is 81.4 Å². The zero-order chi connectivity index (χ0) is 19.5. The van der Waals surface area contributed by atoms with Crippen LogP contribution in [0.5, 0.6) is 0 Å². The third-order valence-corrected chi connectivity index (χ3v) is 10.0. The molecular formula is C23H28N2OSi. The Kier molecular flexibility index (Phi) is 5.49. The second-order valence-corrected chi connectivity index (χ2v) is 12.3. The predicted molar refractivity (Wildman–Crippen MR) is 116 cm³/mol. The van der Waals surface area contributed by atoms with Crippen molar-refractivity contribution >= 4 is 24.4 Å². The van der Waals surface area contributed by atoms with Gasteiger partial charge in [0.15, 0.2) is 0 Å². The molecule has 3 aromatic rings. The van der Waals surface area contributed by atoms with E-state index in [9.17, 15) is 0 Å². The van der Waals surface area contributed by atoms with E-state index in [1.807, 2.05) is 13.0 Å². The normalized spacial score (nSPS) is 12.1. The number of nitrogen functional groups attached to an aromatic ring is 1. The highest BCUT2D eigenvalue weighted by atomic mass is 28.4. The van der Waals surface area contributed by atoms with Gasteiger partial charge >= 0.3 is 0 Å². The van der Waals surface area contributed by atoms with Crippen molar-refractivity contribution in [2.45, 2.75) is 39.3 Å². The average molecular weight is 377 g/mol. The third kappa shape index (κ3) is 3.82. The van der Waals surface area contributed by atoms with Crippen molar-refractivity contribution in [1.82, 2.24) is 4.98 Å². The number of rotatable bonds is 5. The van der Waals surface area contributed by atoms with Crippen LogP contribution in [0.1, 0.15) is 32.0 Å². The van der Waals surface area contributed by atoms with Gasteiger partial charge in [-0.2, -0.15) is 0 Å². The number of pyridine rings is 1. The Balaban J connectivity index is 2.10. The first-order valence-electron chi connectivity index (χ1n) is 9.30. The lowest BCUT2D eigenvalue weighted by Gasteiger charge is -2.43. The number of benzene rings is 2. The van der Waals surface area contributed by atoms with Crippen molar-refractivity contribution in [3.63, 3.8) is 0 Å². The number of nitrogens with two attached hydrogens (primary N) is 1. The van der Waals surface area contributed by atoms with E-state index < -0.39 is 8.32 Å². The minimum Gasteiger partial charge on any atom is -0.402 e. The standard InChI is InChI=1S/C23H28N2OSi/c1-18-15-19(25-16-22(18)24)17-26-27(23(2,3)4,20-11-7-5-8-12-20)21-13-9-6-10-14-21/h5-16H,17,24H2,1-4H3. The van der Waals surface area contributed by atoms with Gasteiger partial charge in [-0.3, -0.25) is 4.98 Å². The third-order valence-electron chi connectivity index (χ3n) is 5.06. The fourth-order valence-corrected chi connectivity index (χ4v) is 8.17.